The number of anilines is 1. The highest BCUT2D eigenvalue weighted by Crippen LogP contribution is 2.51. The maximum Gasteiger partial charge on any atom is 0.411 e. The Morgan fingerprint density at radius 3 is 2.59 bits per heavy atom. The van der Waals surface area contributed by atoms with Gasteiger partial charge in [0.25, 0.3) is 0 Å². The average molecular weight is 267 g/mol. The van der Waals surface area contributed by atoms with Crippen LogP contribution < -0.4 is 5.32 Å². The van der Waals surface area contributed by atoms with Crippen LogP contribution in [0.2, 0.25) is 0 Å². The first-order valence-electron chi connectivity index (χ1n) is 5.09. The molecule has 17 heavy (non-hydrogen) atoms. The Labute approximate surface area is 100 Å². The monoisotopic (exact) mass is 267 g/mol. The molecule has 0 aliphatic heterocycles. The van der Waals surface area contributed by atoms with Gasteiger partial charge >= 0.3 is 6.18 Å². The topological polar surface area (TPSA) is 47.0 Å². The third kappa shape index (κ3) is 2.37. The predicted molar refractivity (Wildman–Crippen MR) is 57.0 cm³/mol. The fourth-order valence-corrected chi connectivity index (χ4v) is 2.11. The quantitative estimate of drug-likeness (QED) is 0.911. The number of halogens is 3. The molecule has 1 aromatic heterocycles. The third-order valence-corrected chi connectivity index (χ3v) is 3.44. The van der Waals surface area contributed by atoms with Gasteiger partial charge in [0.2, 0.25) is 5.13 Å². The van der Waals surface area contributed by atoms with Crippen molar-refractivity contribution in [3.63, 3.8) is 0 Å². The van der Waals surface area contributed by atoms with Gasteiger partial charge in [0, 0.05) is 18.6 Å². The summed E-state index contributed by atoms with van der Waals surface area (Å²) in [7, 11) is 1.50. The molecule has 8 heteroatoms. The molecule has 1 unspecified atom stereocenters. The molecule has 1 heterocycles. The molecular weight excluding hydrogens is 255 g/mol. The minimum Gasteiger partial charge on any atom is -0.374 e. The number of hydrogen-bond acceptors (Lipinski definition) is 5. The standard InChI is InChI=1S/C9H12F3N3OS/c1-5(16-2)6-13-7(17-15-6)14-8(3-4-8)9(10,11)12/h5H,3-4H2,1-2H3,(H,13,14,15). The van der Waals surface area contributed by atoms with E-state index in [1.807, 2.05) is 0 Å². The van der Waals surface area contributed by atoms with Crippen molar-refractivity contribution in [3.8, 4) is 0 Å². The molecule has 1 fully saturated rings. The number of nitrogens with zero attached hydrogens (tertiary/aromatic N) is 2. The molecule has 1 aliphatic carbocycles. The van der Waals surface area contributed by atoms with Crippen molar-refractivity contribution in [2.24, 2.45) is 0 Å². The summed E-state index contributed by atoms with van der Waals surface area (Å²) in [5.74, 6) is 0.401. The normalized spacial score (nSPS) is 20.1. The highest BCUT2D eigenvalue weighted by atomic mass is 32.1. The summed E-state index contributed by atoms with van der Waals surface area (Å²) in [5, 5.41) is 2.63. The van der Waals surface area contributed by atoms with Crippen molar-refractivity contribution in [3.05, 3.63) is 5.82 Å². The Balaban J connectivity index is 2.08. The van der Waals surface area contributed by atoms with E-state index in [2.05, 4.69) is 14.7 Å². The molecular formula is C9H12F3N3OS. The van der Waals surface area contributed by atoms with Crippen molar-refractivity contribution >= 4 is 16.7 Å². The molecule has 1 aromatic rings. The molecule has 0 aromatic carbocycles. The molecule has 2 rings (SSSR count). The summed E-state index contributed by atoms with van der Waals surface area (Å²) >= 11 is 0.924. The van der Waals surface area contributed by atoms with Gasteiger partial charge in [0.1, 0.15) is 11.6 Å². The van der Waals surface area contributed by atoms with Gasteiger partial charge in [-0.25, -0.2) is 4.98 Å². The predicted octanol–water partition coefficient (Wildman–Crippen LogP) is 2.75. The minimum atomic E-state index is -4.24. The second-order valence-corrected chi connectivity index (χ2v) is 4.79. The summed E-state index contributed by atoms with van der Waals surface area (Å²) in [6.07, 6.45) is -4.38. The average Bonchev–Trinajstić information content (AvgIpc) is 2.89. The first kappa shape index (κ1) is 12.6. The Hall–Kier alpha value is -0.890. The van der Waals surface area contributed by atoms with E-state index in [4.69, 9.17) is 4.74 Å². The number of ether oxygens (including phenoxy) is 1. The summed E-state index contributed by atoms with van der Waals surface area (Å²) in [4.78, 5) is 3.99. The van der Waals surface area contributed by atoms with Crippen molar-refractivity contribution in [2.45, 2.75) is 37.6 Å². The summed E-state index contributed by atoms with van der Waals surface area (Å²) < 4.78 is 47.0. The largest absolute Gasteiger partial charge is 0.411 e. The number of aromatic nitrogens is 2. The first-order chi connectivity index (χ1) is 7.88. The number of alkyl halides is 3. The van der Waals surface area contributed by atoms with Gasteiger partial charge in [-0.15, -0.1) is 0 Å². The summed E-state index contributed by atoms with van der Waals surface area (Å²) in [5.41, 5.74) is -1.79. The van der Waals surface area contributed by atoms with Crippen molar-refractivity contribution in [1.82, 2.24) is 9.36 Å². The Morgan fingerprint density at radius 2 is 2.12 bits per heavy atom. The van der Waals surface area contributed by atoms with Crippen LogP contribution in [-0.2, 0) is 4.74 Å². The second kappa shape index (κ2) is 4.09. The van der Waals surface area contributed by atoms with Gasteiger partial charge < -0.3 is 10.1 Å². The number of nitrogens with one attached hydrogen (secondary N) is 1. The molecule has 0 radical (unpaired) electrons. The molecule has 0 bridgehead atoms. The lowest BCUT2D eigenvalue weighted by Gasteiger charge is -2.19. The van der Waals surface area contributed by atoms with E-state index in [9.17, 15) is 13.2 Å². The molecule has 96 valence electrons. The van der Waals surface area contributed by atoms with E-state index in [0.29, 0.717) is 5.82 Å². The van der Waals surface area contributed by atoms with Gasteiger partial charge in [-0.1, -0.05) is 0 Å². The maximum atomic E-state index is 12.7. The Morgan fingerprint density at radius 1 is 1.47 bits per heavy atom. The fourth-order valence-electron chi connectivity index (χ4n) is 1.37. The van der Waals surface area contributed by atoms with Crippen LogP contribution in [0.15, 0.2) is 0 Å². The van der Waals surface area contributed by atoms with Crippen molar-refractivity contribution in [2.75, 3.05) is 12.4 Å². The molecule has 0 saturated heterocycles. The molecule has 1 aliphatic rings. The van der Waals surface area contributed by atoms with Crippen LogP contribution >= 0.6 is 11.5 Å². The maximum absolute atomic E-state index is 12.7. The zero-order chi connectivity index (χ0) is 12.7. The summed E-state index contributed by atoms with van der Waals surface area (Å²) in [6, 6.07) is 0. The molecule has 1 atom stereocenters. The molecule has 1 N–H and O–H groups in total. The van der Waals surface area contributed by atoms with Gasteiger partial charge in [0.15, 0.2) is 5.82 Å². The van der Waals surface area contributed by atoms with Crippen LogP contribution in [0, 0.1) is 0 Å². The fraction of sp³-hybridized carbons (Fsp3) is 0.778. The smallest absolute Gasteiger partial charge is 0.374 e. The van der Waals surface area contributed by atoms with Gasteiger partial charge in [0.05, 0.1) is 0 Å². The summed E-state index contributed by atoms with van der Waals surface area (Å²) in [6.45, 7) is 1.74. The lowest BCUT2D eigenvalue weighted by atomic mass is 10.3. The third-order valence-electron chi connectivity index (χ3n) is 2.80. The molecule has 0 spiro atoms. The number of methoxy groups -OCH3 is 1. The zero-order valence-corrected chi connectivity index (χ0v) is 10.2. The van der Waals surface area contributed by atoms with E-state index in [0.717, 1.165) is 11.5 Å². The zero-order valence-electron chi connectivity index (χ0n) is 9.34. The van der Waals surface area contributed by atoms with E-state index in [-0.39, 0.29) is 24.1 Å². The highest BCUT2D eigenvalue weighted by molar-refractivity contribution is 7.09. The van der Waals surface area contributed by atoms with E-state index in [1.54, 1.807) is 6.92 Å². The Kier molecular flexibility index (Phi) is 3.03. The van der Waals surface area contributed by atoms with Crippen LogP contribution in [0.5, 0.6) is 0 Å². The molecule has 4 nitrogen and oxygen atoms in total. The first-order valence-corrected chi connectivity index (χ1v) is 5.86. The SMILES string of the molecule is COC(C)c1nsc(NC2(C(F)(F)F)CC2)n1. The van der Waals surface area contributed by atoms with Crippen LogP contribution in [0.4, 0.5) is 18.3 Å². The van der Waals surface area contributed by atoms with E-state index >= 15 is 0 Å². The van der Waals surface area contributed by atoms with E-state index < -0.39 is 11.7 Å². The molecule has 1 saturated carbocycles. The van der Waals surface area contributed by atoms with Crippen molar-refractivity contribution < 1.29 is 17.9 Å². The second-order valence-electron chi connectivity index (χ2n) is 4.04. The highest BCUT2D eigenvalue weighted by Gasteiger charge is 2.64. The van der Waals surface area contributed by atoms with Crippen molar-refractivity contribution in [1.29, 1.82) is 0 Å². The van der Waals surface area contributed by atoms with Gasteiger partial charge in [-0.2, -0.15) is 17.5 Å². The van der Waals surface area contributed by atoms with Crippen LogP contribution in [0.1, 0.15) is 31.7 Å². The van der Waals surface area contributed by atoms with Crippen LogP contribution in [0.3, 0.4) is 0 Å². The Bertz CT molecular complexity index is 402. The van der Waals surface area contributed by atoms with Crippen LogP contribution in [-0.4, -0.2) is 28.2 Å². The van der Waals surface area contributed by atoms with Crippen LogP contribution in [0.25, 0.3) is 0 Å². The molecule has 0 amide bonds. The number of hydrogen-bond donors (Lipinski definition) is 1. The lowest BCUT2D eigenvalue weighted by Crippen LogP contribution is -2.38. The van der Waals surface area contributed by atoms with E-state index in [1.165, 1.54) is 7.11 Å². The number of rotatable bonds is 4. The van der Waals surface area contributed by atoms with Gasteiger partial charge in [-0.3, -0.25) is 0 Å². The van der Waals surface area contributed by atoms with Gasteiger partial charge in [-0.05, 0) is 19.8 Å². The minimum absolute atomic E-state index is 0.0885. The lowest BCUT2D eigenvalue weighted by molar-refractivity contribution is -0.151.